The minimum absolute atomic E-state index is 0. The van der Waals surface area contributed by atoms with Gasteiger partial charge in [-0.15, -0.1) is 12.4 Å². The Hall–Kier alpha value is -0.770. The molecule has 1 saturated heterocycles. The molecule has 1 aliphatic heterocycles. The topological polar surface area (TPSA) is 38.5 Å². The second-order valence-electron chi connectivity index (χ2n) is 6.02. The summed E-state index contributed by atoms with van der Waals surface area (Å²) in [5, 5.41) is 0. The summed E-state index contributed by atoms with van der Waals surface area (Å²) in [4.78, 5) is 2.55. The molecule has 2 aliphatic rings. The van der Waals surface area contributed by atoms with Gasteiger partial charge in [0, 0.05) is 31.2 Å². The summed E-state index contributed by atoms with van der Waals surface area (Å²) >= 11 is 0. The van der Waals surface area contributed by atoms with Gasteiger partial charge < -0.3 is 10.5 Å². The molecule has 1 aromatic carbocycles. The first-order valence-electron chi connectivity index (χ1n) is 7.37. The van der Waals surface area contributed by atoms with Crippen LogP contribution in [0.2, 0.25) is 0 Å². The highest BCUT2D eigenvalue weighted by Crippen LogP contribution is 2.36. The Kier molecular flexibility index (Phi) is 5.30. The van der Waals surface area contributed by atoms with Gasteiger partial charge in [-0.3, -0.25) is 4.90 Å². The van der Waals surface area contributed by atoms with Crippen molar-refractivity contribution in [3.63, 3.8) is 0 Å². The quantitative estimate of drug-likeness (QED) is 0.932. The van der Waals surface area contributed by atoms with E-state index in [2.05, 4.69) is 17.0 Å². The first kappa shape index (κ1) is 15.6. The van der Waals surface area contributed by atoms with Crippen LogP contribution in [0.15, 0.2) is 24.3 Å². The predicted molar refractivity (Wildman–Crippen MR) is 84.3 cm³/mol. The van der Waals surface area contributed by atoms with Crippen molar-refractivity contribution in [2.24, 2.45) is 17.6 Å². The number of fused-ring (bicyclic) bond motifs is 1. The molecule has 3 rings (SSSR count). The molecule has 1 heterocycles. The van der Waals surface area contributed by atoms with Gasteiger partial charge >= 0.3 is 0 Å². The molecule has 0 spiro atoms. The number of hydrogen-bond acceptors (Lipinski definition) is 3. The molecular formula is C16H25ClN2O. The third-order valence-electron chi connectivity index (χ3n) is 4.82. The highest BCUT2D eigenvalue weighted by atomic mass is 35.5. The van der Waals surface area contributed by atoms with Crippen molar-refractivity contribution < 1.29 is 4.74 Å². The molecule has 0 amide bonds. The van der Waals surface area contributed by atoms with Crippen LogP contribution in [0.25, 0.3) is 0 Å². The second-order valence-corrected chi connectivity index (χ2v) is 6.02. The Morgan fingerprint density at radius 2 is 2.05 bits per heavy atom. The van der Waals surface area contributed by atoms with Gasteiger partial charge in [-0.1, -0.05) is 24.6 Å². The monoisotopic (exact) mass is 296 g/mol. The highest BCUT2D eigenvalue weighted by molar-refractivity contribution is 5.85. The number of nitrogens with zero attached hydrogens (tertiary/aromatic N) is 1. The van der Waals surface area contributed by atoms with E-state index in [9.17, 15) is 0 Å². The lowest BCUT2D eigenvalue weighted by molar-refractivity contribution is 0.259. The molecule has 0 aromatic heterocycles. The zero-order valence-corrected chi connectivity index (χ0v) is 12.9. The maximum atomic E-state index is 6.28. The third kappa shape index (κ3) is 3.11. The van der Waals surface area contributed by atoms with Crippen molar-refractivity contribution in [3.8, 4) is 5.75 Å². The average Bonchev–Trinajstić information content (AvgIpc) is 2.83. The Bertz CT molecular complexity index is 440. The summed E-state index contributed by atoms with van der Waals surface area (Å²) in [5.41, 5.74) is 7.57. The van der Waals surface area contributed by atoms with Crippen LogP contribution < -0.4 is 10.5 Å². The fourth-order valence-corrected chi connectivity index (χ4v) is 3.81. The van der Waals surface area contributed by atoms with Crippen molar-refractivity contribution >= 4 is 12.4 Å². The van der Waals surface area contributed by atoms with E-state index in [1.54, 1.807) is 7.11 Å². The van der Waals surface area contributed by atoms with Crippen LogP contribution in [-0.4, -0.2) is 31.1 Å². The van der Waals surface area contributed by atoms with Crippen LogP contribution in [0.3, 0.4) is 0 Å². The SMILES string of the molecule is COc1ccccc1CN1CC2CCCC(N)C2C1.Cl. The molecule has 20 heavy (non-hydrogen) atoms. The first-order chi connectivity index (χ1) is 9.28. The fraction of sp³-hybridized carbons (Fsp3) is 0.625. The number of ether oxygens (including phenoxy) is 1. The summed E-state index contributed by atoms with van der Waals surface area (Å²) in [6.07, 6.45) is 3.88. The van der Waals surface area contributed by atoms with Crippen LogP contribution in [-0.2, 0) is 6.54 Å². The van der Waals surface area contributed by atoms with Gasteiger partial charge in [0.05, 0.1) is 7.11 Å². The van der Waals surface area contributed by atoms with E-state index in [0.717, 1.165) is 24.8 Å². The molecule has 0 radical (unpaired) electrons. The van der Waals surface area contributed by atoms with E-state index in [-0.39, 0.29) is 12.4 Å². The van der Waals surface area contributed by atoms with Crippen molar-refractivity contribution in [1.82, 2.24) is 4.90 Å². The Labute approximate surface area is 127 Å². The minimum atomic E-state index is 0. The van der Waals surface area contributed by atoms with Crippen LogP contribution in [0.1, 0.15) is 24.8 Å². The van der Waals surface area contributed by atoms with E-state index < -0.39 is 0 Å². The zero-order valence-electron chi connectivity index (χ0n) is 12.1. The smallest absolute Gasteiger partial charge is 0.123 e. The van der Waals surface area contributed by atoms with Gasteiger partial charge in [0.15, 0.2) is 0 Å². The van der Waals surface area contributed by atoms with E-state index in [1.807, 2.05) is 12.1 Å². The second kappa shape index (κ2) is 6.79. The summed E-state index contributed by atoms with van der Waals surface area (Å²) < 4.78 is 5.44. The van der Waals surface area contributed by atoms with Gasteiger partial charge in [0.2, 0.25) is 0 Å². The van der Waals surface area contributed by atoms with Crippen LogP contribution in [0.4, 0.5) is 0 Å². The predicted octanol–water partition coefficient (Wildman–Crippen LogP) is 2.68. The molecule has 112 valence electrons. The number of nitrogens with two attached hydrogens (primary N) is 1. The maximum Gasteiger partial charge on any atom is 0.123 e. The zero-order chi connectivity index (χ0) is 13.2. The standard InChI is InChI=1S/C16H24N2O.ClH/c1-19-16-8-3-2-5-13(16)10-18-9-12-6-4-7-15(17)14(12)11-18;/h2-3,5,8,12,14-15H,4,6-7,9-11,17H2,1H3;1H. The molecule has 3 atom stereocenters. The molecular weight excluding hydrogens is 272 g/mol. The number of methoxy groups -OCH3 is 1. The lowest BCUT2D eigenvalue weighted by atomic mass is 9.78. The van der Waals surface area contributed by atoms with Crippen molar-refractivity contribution in [2.75, 3.05) is 20.2 Å². The Balaban J connectivity index is 0.00000147. The lowest BCUT2D eigenvalue weighted by Crippen LogP contribution is -2.38. The molecule has 1 aromatic rings. The number of rotatable bonds is 3. The van der Waals surface area contributed by atoms with Gasteiger partial charge in [0.1, 0.15) is 5.75 Å². The van der Waals surface area contributed by atoms with Gasteiger partial charge in [-0.25, -0.2) is 0 Å². The number of para-hydroxylation sites is 1. The summed E-state index contributed by atoms with van der Waals surface area (Å²) in [7, 11) is 1.75. The van der Waals surface area contributed by atoms with Crippen molar-refractivity contribution in [1.29, 1.82) is 0 Å². The molecule has 3 unspecified atom stereocenters. The first-order valence-corrected chi connectivity index (χ1v) is 7.37. The number of hydrogen-bond donors (Lipinski definition) is 1. The summed E-state index contributed by atoms with van der Waals surface area (Å²) in [6, 6.07) is 8.75. The molecule has 2 N–H and O–H groups in total. The molecule has 3 nitrogen and oxygen atoms in total. The highest BCUT2D eigenvalue weighted by Gasteiger charge is 2.38. The number of benzene rings is 1. The molecule has 4 heteroatoms. The van der Waals surface area contributed by atoms with Crippen LogP contribution in [0, 0.1) is 11.8 Å². The molecule has 2 fully saturated rings. The van der Waals surface area contributed by atoms with Crippen LogP contribution >= 0.6 is 12.4 Å². The van der Waals surface area contributed by atoms with E-state index >= 15 is 0 Å². The molecule has 1 saturated carbocycles. The van der Waals surface area contributed by atoms with Crippen molar-refractivity contribution in [2.45, 2.75) is 31.8 Å². The minimum Gasteiger partial charge on any atom is -0.496 e. The van der Waals surface area contributed by atoms with E-state index in [1.165, 1.54) is 31.4 Å². The number of halogens is 1. The van der Waals surface area contributed by atoms with Crippen molar-refractivity contribution in [3.05, 3.63) is 29.8 Å². The van der Waals surface area contributed by atoms with Gasteiger partial charge in [-0.2, -0.15) is 0 Å². The molecule has 1 aliphatic carbocycles. The number of likely N-dealkylation sites (tertiary alicyclic amines) is 1. The fourth-order valence-electron chi connectivity index (χ4n) is 3.81. The molecule has 0 bridgehead atoms. The third-order valence-corrected chi connectivity index (χ3v) is 4.82. The van der Waals surface area contributed by atoms with Crippen LogP contribution in [0.5, 0.6) is 5.75 Å². The largest absolute Gasteiger partial charge is 0.496 e. The summed E-state index contributed by atoms with van der Waals surface area (Å²) in [6.45, 7) is 3.35. The lowest BCUT2D eigenvalue weighted by Gasteiger charge is -2.29. The average molecular weight is 297 g/mol. The van der Waals surface area contributed by atoms with E-state index in [4.69, 9.17) is 10.5 Å². The maximum absolute atomic E-state index is 6.28. The normalized spacial score (nSPS) is 29.6. The van der Waals surface area contributed by atoms with E-state index in [0.29, 0.717) is 12.0 Å². The van der Waals surface area contributed by atoms with Gasteiger partial charge in [0.25, 0.3) is 0 Å². The van der Waals surface area contributed by atoms with Gasteiger partial charge in [-0.05, 0) is 30.7 Å². The Morgan fingerprint density at radius 3 is 2.80 bits per heavy atom. The summed E-state index contributed by atoms with van der Waals surface area (Å²) in [5.74, 6) is 2.53. The Morgan fingerprint density at radius 1 is 1.25 bits per heavy atom.